The van der Waals surface area contributed by atoms with Crippen molar-refractivity contribution in [2.75, 3.05) is 0 Å². The lowest BCUT2D eigenvalue weighted by Gasteiger charge is -1.97. The molecule has 1 aliphatic carbocycles. The molecule has 0 aliphatic heterocycles. The van der Waals surface area contributed by atoms with E-state index in [-0.39, 0.29) is 16.2 Å². The first-order valence-corrected chi connectivity index (χ1v) is 7.36. The molecule has 2 rings (SSSR count). The zero-order chi connectivity index (χ0) is 15.5. The van der Waals surface area contributed by atoms with Gasteiger partial charge in [0.1, 0.15) is 18.4 Å². The summed E-state index contributed by atoms with van der Waals surface area (Å²) in [7, 11) is -3.83. The molecule has 0 saturated carbocycles. The molecule has 0 fully saturated rings. The second kappa shape index (κ2) is 5.78. The predicted octanol–water partition coefficient (Wildman–Crippen LogP) is 2.21. The van der Waals surface area contributed by atoms with Gasteiger partial charge in [-0.2, -0.15) is 8.42 Å². The number of rotatable bonds is 4. The van der Waals surface area contributed by atoms with Gasteiger partial charge in [0.15, 0.2) is 5.57 Å². The molecule has 0 unspecified atom stereocenters. The Morgan fingerprint density at radius 3 is 2.57 bits per heavy atom. The van der Waals surface area contributed by atoms with Crippen molar-refractivity contribution in [3.63, 3.8) is 0 Å². The molecule has 0 amide bonds. The van der Waals surface area contributed by atoms with Crippen LogP contribution in [-0.2, 0) is 10.0 Å². The first-order valence-electron chi connectivity index (χ1n) is 5.92. The number of hydrogen-bond acceptors (Lipinski definition) is 4. The molecule has 0 saturated heterocycles. The van der Waals surface area contributed by atoms with Crippen LogP contribution in [0.25, 0.3) is 0 Å². The molecule has 6 nitrogen and oxygen atoms in total. The fraction of sp³-hybridized carbons (Fsp3) is 0.0714. The molecule has 106 valence electrons. The van der Waals surface area contributed by atoms with Crippen molar-refractivity contribution in [2.24, 2.45) is 4.40 Å². The van der Waals surface area contributed by atoms with Gasteiger partial charge in [-0.25, -0.2) is 0 Å². The summed E-state index contributed by atoms with van der Waals surface area (Å²) in [5.41, 5.74) is 1.01. The monoisotopic (exact) mass is 303 g/mol. The summed E-state index contributed by atoms with van der Waals surface area (Å²) in [6.45, 7) is 1.84. The average molecular weight is 303 g/mol. The van der Waals surface area contributed by atoms with Crippen LogP contribution in [0.15, 0.2) is 63.1 Å². The van der Waals surface area contributed by atoms with Crippen molar-refractivity contribution in [3.8, 4) is 0 Å². The molecule has 21 heavy (non-hydrogen) atoms. The van der Waals surface area contributed by atoms with Gasteiger partial charge < -0.3 is 0 Å². The maximum Gasteiger partial charge on any atom is 0.349 e. The molecular formula is C14H11N2O4S+. The van der Waals surface area contributed by atoms with Crippen molar-refractivity contribution >= 4 is 16.2 Å². The predicted molar refractivity (Wildman–Crippen MR) is 77.8 cm³/mol. The fourth-order valence-corrected chi connectivity index (χ4v) is 2.41. The molecule has 0 bridgehead atoms. The first kappa shape index (κ1) is 14.8. The quantitative estimate of drug-likeness (QED) is 0.369. The molecule has 0 spiro atoms. The van der Waals surface area contributed by atoms with Crippen LogP contribution in [0.5, 0.6) is 0 Å². The summed E-state index contributed by atoms with van der Waals surface area (Å²) in [5.74, 6) is 0. The second-order valence-electron chi connectivity index (χ2n) is 4.28. The molecule has 0 heterocycles. The fourth-order valence-electron chi connectivity index (χ4n) is 1.56. The highest BCUT2D eigenvalue weighted by Crippen LogP contribution is 2.14. The Morgan fingerprint density at radius 2 is 1.95 bits per heavy atom. The normalized spacial score (nSPS) is 14.5. The van der Waals surface area contributed by atoms with Crippen LogP contribution < -0.4 is 0 Å². The Kier molecular flexibility index (Phi) is 4.07. The molecule has 0 aromatic heterocycles. The highest BCUT2D eigenvalue weighted by Gasteiger charge is 2.19. The van der Waals surface area contributed by atoms with E-state index < -0.39 is 14.9 Å². The van der Waals surface area contributed by atoms with E-state index >= 15 is 0 Å². The van der Waals surface area contributed by atoms with Crippen LogP contribution in [0.3, 0.4) is 0 Å². The molecule has 0 N–H and O–H groups in total. The third kappa shape index (κ3) is 3.68. The van der Waals surface area contributed by atoms with Crippen molar-refractivity contribution in [1.29, 1.82) is 0 Å². The van der Waals surface area contributed by atoms with Gasteiger partial charge in [0.05, 0.1) is 15.9 Å². The van der Waals surface area contributed by atoms with Gasteiger partial charge in [-0.15, -0.1) is 4.40 Å². The van der Waals surface area contributed by atoms with E-state index in [9.17, 15) is 18.5 Å². The molecular weight excluding hydrogens is 292 g/mol. The number of nitrogens with zero attached hydrogens (tertiary/aromatic N) is 2. The van der Waals surface area contributed by atoms with E-state index in [1.54, 1.807) is 12.1 Å². The molecule has 7 heteroatoms. The second-order valence-corrected chi connectivity index (χ2v) is 5.91. The minimum absolute atomic E-state index is 0.0646. The minimum atomic E-state index is -3.83. The molecule has 1 aromatic carbocycles. The Labute approximate surface area is 122 Å². The molecule has 0 atom stereocenters. The summed E-state index contributed by atoms with van der Waals surface area (Å²) in [6.07, 6.45) is 7.54. The van der Waals surface area contributed by atoms with E-state index in [1.165, 1.54) is 30.4 Å². The van der Waals surface area contributed by atoms with Gasteiger partial charge in [-0.1, -0.05) is 17.7 Å². The number of aryl methyl sites for hydroxylation is 1. The molecule has 1 aromatic rings. The number of benzene rings is 1. The van der Waals surface area contributed by atoms with Crippen LogP contribution in [0.1, 0.15) is 5.56 Å². The van der Waals surface area contributed by atoms with Crippen LogP contribution in [0.2, 0.25) is 0 Å². The van der Waals surface area contributed by atoms with Gasteiger partial charge >= 0.3 is 5.70 Å². The Morgan fingerprint density at radius 1 is 1.29 bits per heavy atom. The SMILES string of the molecule is Cc1ccc(S(=O)(=O)/N=C/C2=[C+]C=CC([N+](=O)[O-])=C2)cc1. The number of nitro groups is 1. The number of sulfonamides is 1. The lowest BCUT2D eigenvalue weighted by molar-refractivity contribution is -0.419. The minimum Gasteiger partial charge on any atom is -0.257 e. The Balaban J connectivity index is 2.25. The van der Waals surface area contributed by atoms with E-state index in [1.807, 2.05) is 6.92 Å². The summed E-state index contributed by atoms with van der Waals surface area (Å²) in [5, 5.41) is 10.6. The van der Waals surface area contributed by atoms with Crippen LogP contribution in [-0.4, -0.2) is 19.6 Å². The molecule has 0 radical (unpaired) electrons. The van der Waals surface area contributed by atoms with Crippen molar-refractivity contribution in [1.82, 2.24) is 0 Å². The van der Waals surface area contributed by atoms with Crippen molar-refractivity contribution in [3.05, 3.63) is 75.5 Å². The smallest absolute Gasteiger partial charge is 0.257 e. The summed E-state index contributed by atoms with van der Waals surface area (Å²) in [6, 6.07) is 6.25. The Hall–Kier alpha value is -2.63. The average Bonchev–Trinajstić information content (AvgIpc) is 2.46. The van der Waals surface area contributed by atoms with E-state index in [2.05, 4.69) is 10.5 Å². The first-order chi connectivity index (χ1) is 9.88. The van der Waals surface area contributed by atoms with E-state index in [0.717, 1.165) is 11.8 Å². The van der Waals surface area contributed by atoms with Gasteiger partial charge in [0, 0.05) is 6.08 Å². The highest BCUT2D eigenvalue weighted by molar-refractivity contribution is 7.90. The van der Waals surface area contributed by atoms with Gasteiger partial charge in [-0.05, 0) is 19.1 Å². The lowest BCUT2D eigenvalue weighted by atomic mass is 10.1. The maximum atomic E-state index is 12.0. The van der Waals surface area contributed by atoms with Crippen LogP contribution in [0, 0.1) is 23.1 Å². The van der Waals surface area contributed by atoms with Crippen molar-refractivity contribution in [2.45, 2.75) is 11.8 Å². The van der Waals surface area contributed by atoms with Gasteiger partial charge in [0.25, 0.3) is 10.0 Å². The zero-order valence-corrected chi connectivity index (χ0v) is 11.9. The van der Waals surface area contributed by atoms with Gasteiger partial charge in [-0.3, -0.25) is 10.1 Å². The van der Waals surface area contributed by atoms with Crippen molar-refractivity contribution < 1.29 is 13.3 Å². The largest absolute Gasteiger partial charge is 0.349 e. The Bertz CT molecular complexity index is 785. The highest BCUT2D eigenvalue weighted by atomic mass is 32.2. The maximum absolute atomic E-state index is 12.0. The summed E-state index contributed by atoms with van der Waals surface area (Å²) in [4.78, 5) is 10.1. The number of hydrogen-bond donors (Lipinski definition) is 0. The third-order valence-electron chi connectivity index (χ3n) is 2.67. The van der Waals surface area contributed by atoms with Crippen LogP contribution >= 0.6 is 0 Å². The van der Waals surface area contributed by atoms with Gasteiger partial charge in [0.2, 0.25) is 0 Å². The van der Waals surface area contributed by atoms with Crippen LogP contribution in [0.4, 0.5) is 0 Å². The zero-order valence-electron chi connectivity index (χ0n) is 11.1. The number of allylic oxidation sites excluding steroid dienone is 5. The van der Waals surface area contributed by atoms with E-state index in [0.29, 0.717) is 0 Å². The summed E-state index contributed by atoms with van der Waals surface area (Å²) < 4.78 is 27.5. The summed E-state index contributed by atoms with van der Waals surface area (Å²) >= 11 is 0. The third-order valence-corrected chi connectivity index (χ3v) is 3.92. The topological polar surface area (TPSA) is 89.6 Å². The standard InChI is InChI=1S/C14H11N2O4S/c1-11-5-7-14(8-6-11)21(19,20)15-10-12-3-2-4-13(9-12)16(17)18/h2,4-10H,1H3/q+1/b15-10+. The molecule has 1 aliphatic rings. The van der Waals surface area contributed by atoms with E-state index in [4.69, 9.17) is 0 Å². The lowest BCUT2D eigenvalue weighted by Crippen LogP contribution is -2.01.